The summed E-state index contributed by atoms with van der Waals surface area (Å²) in [6.07, 6.45) is -2.95. The number of pyridine rings is 1. The van der Waals surface area contributed by atoms with Crippen molar-refractivity contribution in [2.75, 3.05) is 14.2 Å². The van der Waals surface area contributed by atoms with Crippen molar-refractivity contribution in [2.24, 2.45) is 0 Å². The van der Waals surface area contributed by atoms with Gasteiger partial charge in [-0.25, -0.2) is 8.78 Å². The van der Waals surface area contributed by atoms with Crippen LogP contribution in [0.25, 0.3) is 0 Å². The van der Waals surface area contributed by atoms with Gasteiger partial charge in [-0.15, -0.1) is 0 Å². The van der Waals surface area contributed by atoms with E-state index in [0.717, 1.165) is 12.3 Å². The van der Waals surface area contributed by atoms with Crippen LogP contribution in [0.5, 0.6) is 5.75 Å². The number of methoxy groups -OCH3 is 1. The molecule has 186 valence electrons. The SMILES string of the molecule is CNC(=O)[C@@H](N[C@H](CCc1ccc(C(F)(F)F)nc1)c1ccc(OC)cc1F)c1ccc(F)cc1. The molecule has 2 N–H and O–H groups in total. The van der Waals surface area contributed by atoms with Gasteiger partial charge in [0.25, 0.3) is 0 Å². The molecule has 0 aliphatic rings. The third-order valence-corrected chi connectivity index (χ3v) is 5.50. The summed E-state index contributed by atoms with van der Waals surface area (Å²) in [5, 5.41) is 5.66. The Labute approximate surface area is 199 Å². The molecule has 1 aromatic heterocycles. The van der Waals surface area contributed by atoms with E-state index in [4.69, 9.17) is 4.74 Å². The predicted molar refractivity (Wildman–Crippen MR) is 120 cm³/mol. The molecule has 0 aliphatic carbocycles. The van der Waals surface area contributed by atoms with Crippen LogP contribution in [-0.2, 0) is 17.4 Å². The van der Waals surface area contributed by atoms with Gasteiger partial charge in [-0.1, -0.05) is 24.3 Å². The average Bonchev–Trinajstić information content (AvgIpc) is 2.84. The lowest BCUT2D eigenvalue weighted by molar-refractivity contribution is -0.141. The summed E-state index contributed by atoms with van der Waals surface area (Å²) in [5.41, 5.74) is 0.202. The van der Waals surface area contributed by atoms with E-state index in [2.05, 4.69) is 15.6 Å². The number of ether oxygens (including phenoxy) is 1. The maximum absolute atomic E-state index is 15.0. The van der Waals surface area contributed by atoms with Gasteiger partial charge in [0, 0.05) is 30.9 Å². The van der Waals surface area contributed by atoms with Gasteiger partial charge in [-0.3, -0.25) is 15.1 Å². The maximum Gasteiger partial charge on any atom is 0.433 e. The highest BCUT2D eigenvalue weighted by Gasteiger charge is 2.32. The van der Waals surface area contributed by atoms with Crippen molar-refractivity contribution < 1.29 is 31.5 Å². The molecule has 0 aliphatic heterocycles. The van der Waals surface area contributed by atoms with Crippen LogP contribution >= 0.6 is 0 Å². The highest BCUT2D eigenvalue weighted by Crippen LogP contribution is 2.30. The summed E-state index contributed by atoms with van der Waals surface area (Å²) in [6, 6.07) is 10.1. The number of nitrogens with one attached hydrogen (secondary N) is 2. The minimum atomic E-state index is -4.55. The molecule has 3 rings (SSSR count). The van der Waals surface area contributed by atoms with Crippen molar-refractivity contribution in [2.45, 2.75) is 31.1 Å². The summed E-state index contributed by atoms with van der Waals surface area (Å²) in [7, 11) is 2.84. The fourth-order valence-corrected chi connectivity index (χ4v) is 3.62. The fourth-order valence-electron chi connectivity index (χ4n) is 3.62. The van der Waals surface area contributed by atoms with Crippen molar-refractivity contribution in [3.05, 3.63) is 94.8 Å². The Hall–Kier alpha value is -3.53. The van der Waals surface area contributed by atoms with Gasteiger partial charge in [-0.05, 0) is 48.2 Å². The zero-order valence-electron chi connectivity index (χ0n) is 19.0. The van der Waals surface area contributed by atoms with Crippen LogP contribution in [0, 0.1) is 11.6 Å². The van der Waals surface area contributed by atoms with E-state index in [1.165, 1.54) is 56.6 Å². The van der Waals surface area contributed by atoms with E-state index in [1.807, 2.05) is 0 Å². The first-order chi connectivity index (χ1) is 16.6. The second-order valence-corrected chi connectivity index (χ2v) is 7.79. The minimum Gasteiger partial charge on any atom is -0.497 e. The lowest BCUT2D eigenvalue weighted by Gasteiger charge is -2.26. The number of aromatic nitrogens is 1. The molecule has 5 nitrogen and oxygen atoms in total. The van der Waals surface area contributed by atoms with Crippen molar-refractivity contribution in [1.82, 2.24) is 15.6 Å². The number of halogens is 5. The minimum absolute atomic E-state index is 0.227. The lowest BCUT2D eigenvalue weighted by Crippen LogP contribution is -2.38. The molecule has 2 aromatic carbocycles. The molecule has 0 fully saturated rings. The molecule has 35 heavy (non-hydrogen) atoms. The van der Waals surface area contributed by atoms with Crippen LogP contribution in [0.15, 0.2) is 60.8 Å². The van der Waals surface area contributed by atoms with E-state index in [-0.39, 0.29) is 18.4 Å². The number of likely N-dealkylation sites (N-methyl/N-ethyl adjacent to an activating group) is 1. The average molecular weight is 493 g/mol. The summed E-state index contributed by atoms with van der Waals surface area (Å²) in [5.74, 6) is -1.18. The largest absolute Gasteiger partial charge is 0.497 e. The lowest BCUT2D eigenvalue weighted by atomic mass is 9.96. The van der Waals surface area contributed by atoms with E-state index in [1.54, 1.807) is 6.07 Å². The topological polar surface area (TPSA) is 63.2 Å². The number of amides is 1. The third kappa shape index (κ3) is 6.75. The Bertz CT molecular complexity index is 1140. The Morgan fingerprint density at radius 2 is 1.77 bits per heavy atom. The molecule has 0 bridgehead atoms. The van der Waals surface area contributed by atoms with Crippen LogP contribution < -0.4 is 15.4 Å². The first-order valence-electron chi connectivity index (χ1n) is 10.7. The van der Waals surface area contributed by atoms with Crippen molar-refractivity contribution in [1.29, 1.82) is 0 Å². The van der Waals surface area contributed by atoms with E-state index < -0.39 is 41.5 Å². The van der Waals surface area contributed by atoms with Gasteiger partial charge in [0.1, 0.15) is 29.1 Å². The molecule has 1 amide bonds. The van der Waals surface area contributed by atoms with Crippen LogP contribution in [0.4, 0.5) is 22.0 Å². The maximum atomic E-state index is 15.0. The van der Waals surface area contributed by atoms with Gasteiger partial charge in [0.05, 0.1) is 7.11 Å². The molecule has 3 aromatic rings. The highest BCUT2D eigenvalue weighted by atomic mass is 19.4. The predicted octanol–water partition coefficient (Wildman–Crippen LogP) is 5.14. The van der Waals surface area contributed by atoms with Crippen molar-refractivity contribution in [3.63, 3.8) is 0 Å². The number of nitrogens with zero attached hydrogens (tertiary/aromatic N) is 1. The molecule has 10 heteroatoms. The number of benzene rings is 2. The van der Waals surface area contributed by atoms with Crippen LogP contribution in [0.1, 0.15) is 40.9 Å². The monoisotopic (exact) mass is 493 g/mol. The molecular formula is C25H24F5N3O2. The van der Waals surface area contributed by atoms with Crippen LogP contribution in [-0.4, -0.2) is 25.0 Å². The summed E-state index contributed by atoms with van der Waals surface area (Å²) in [6.45, 7) is 0. The van der Waals surface area contributed by atoms with E-state index >= 15 is 0 Å². The first kappa shape index (κ1) is 26.1. The number of alkyl halides is 3. The van der Waals surface area contributed by atoms with E-state index in [9.17, 15) is 26.7 Å². The van der Waals surface area contributed by atoms with Crippen LogP contribution in [0.3, 0.4) is 0 Å². The molecule has 0 saturated heterocycles. The second-order valence-electron chi connectivity index (χ2n) is 7.79. The number of rotatable bonds is 9. The molecule has 2 atom stereocenters. The summed E-state index contributed by atoms with van der Waals surface area (Å²) >= 11 is 0. The second kappa shape index (κ2) is 11.3. The Kier molecular flexibility index (Phi) is 8.39. The molecule has 0 spiro atoms. The van der Waals surface area contributed by atoms with Crippen molar-refractivity contribution >= 4 is 5.91 Å². The molecule has 0 saturated carbocycles. The van der Waals surface area contributed by atoms with Gasteiger partial charge in [0.2, 0.25) is 5.91 Å². The molecular weight excluding hydrogens is 469 g/mol. The smallest absolute Gasteiger partial charge is 0.433 e. The quantitative estimate of drug-likeness (QED) is 0.406. The Morgan fingerprint density at radius 3 is 2.31 bits per heavy atom. The number of carbonyl (C=O) groups is 1. The number of hydrogen-bond acceptors (Lipinski definition) is 4. The molecule has 0 radical (unpaired) electrons. The highest BCUT2D eigenvalue weighted by molar-refractivity contribution is 5.83. The standard InChI is InChI=1S/C25H24F5N3O2/c1-31-24(34)23(16-5-7-17(26)8-6-16)33-21(19-10-9-18(35-2)13-20(19)27)11-3-15-4-12-22(32-14-15)25(28,29)30/h4-10,12-14,21,23,33H,3,11H2,1-2H3,(H,31,34)/t21-,23+/m1/s1. The summed E-state index contributed by atoms with van der Waals surface area (Å²) < 4.78 is 71.9. The van der Waals surface area contributed by atoms with Gasteiger partial charge in [-0.2, -0.15) is 13.2 Å². The summed E-state index contributed by atoms with van der Waals surface area (Å²) in [4.78, 5) is 16.1. The van der Waals surface area contributed by atoms with E-state index in [0.29, 0.717) is 16.9 Å². The normalized spacial score (nSPS) is 13.2. The van der Waals surface area contributed by atoms with Gasteiger partial charge >= 0.3 is 6.18 Å². The van der Waals surface area contributed by atoms with Gasteiger partial charge in [0.15, 0.2) is 0 Å². The van der Waals surface area contributed by atoms with Gasteiger partial charge < -0.3 is 10.1 Å². The Morgan fingerprint density at radius 1 is 1.06 bits per heavy atom. The number of carbonyl (C=O) groups excluding carboxylic acids is 1. The Balaban J connectivity index is 1.91. The van der Waals surface area contributed by atoms with Crippen LogP contribution in [0.2, 0.25) is 0 Å². The first-order valence-corrected chi connectivity index (χ1v) is 10.7. The molecule has 0 unspecified atom stereocenters. The van der Waals surface area contributed by atoms with Crippen molar-refractivity contribution in [3.8, 4) is 5.75 Å². The fraction of sp³-hybridized carbons (Fsp3) is 0.280. The molecule has 1 heterocycles. The number of aryl methyl sites for hydroxylation is 1. The third-order valence-electron chi connectivity index (χ3n) is 5.50. The zero-order chi connectivity index (χ0) is 25.6. The number of hydrogen-bond donors (Lipinski definition) is 2. The zero-order valence-corrected chi connectivity index (χ0v) is 19.0.